The van der Waals surface area contributed by atoms with E-state index < -0.39 is 67.3 Å². The van der Waals surface area contributed by atoms with Gasteiger partial charge in [-0.3, -0.25) is 14.4 Å². The Kier molecular flexibility index (Phi) is 47.4. The summed E-state index contributed by atoms with van der Waals surface area (Å²) in [5, 5.41) is 31.4. The van der Waals surface area contributed by atoms with Crippen LogP contribution in [0.4, 0.5) is 0 Å². The molecule has 12 nitrogen and oxygen atoms in total. The summed E-state index contributed by atoms with van der Waals surface area (Å²) in [5.41, 5.74) is 0. The van der Waals surface area contributed by atoms with E-state index in [0.29, 0.717) is 25.7 Å². The molecule has 0 spiro atoms. The van der Waals surface area contributed by atoms with Crippen LogP contribution in [0.3, 0.4) is 0 Å². The third-order valence-corrected chi connectivity index (χ3v) is 13.6. The first-order chi connectivity index (χ1) is 36.6. The molecule has 1 aliphatic rings. The molecule has 0 aromatic carbocycles. The van der Waals surface area contributed by atoms with Crippen molar-refractivity contribution in [3.8, 4) is 0 Å². The molecule has 0 aromatic heterocycles. The predicted molar refractivity (Wildman–Crippen MR) is 303 cm³/mol. The van der Waals surface area contributed by atoms with Crippen LogP contribution in [0.1, 0.15) is 265 Å². The number of unbranched alkanes of at least 4 members (excludes halogenated alkanes) is 27. The Hall–Kier alpha value is -3.58. The fourth-order valence-corrected chi connectivity index (χ4v) is 8.97. The van der Waals surface area contributed by atoms with Crippen molar-refractivity contribution in [1.29, 1.82) is 0 Å². The number of aliphatic hydroxyl groups excluding tert-OH is 2. The molecule has 0 amide bonds. The van der Waals surface area contributed by atoms with Crippen molar-refractivity contribution in [1.82, 2.24) is 0 Å². The maximum absolute atomic E-state index is 13.1. The van der Waals surface area contributed by atoms with Crippen LogP contribution in [-0.2, 0) is 42.9 Å². The minimum Gasteiger partial charge on any atom is -0.479 e. The number of hydrogen-bond donors (Lipinski definition) is 3. The van der Waals surface area contributed by atoms with E-state index in [0.717, 1.165) is 57.8 Å². The fraction of sp³-hybridized carbons (Fsp3) is 0.778. The summed E-state index contributed by atoms with van der Waals surface area (Å²) < 4.78 is 28.3. The van der Waals surface area contributed by atoms with Crippen LogP contribution in [-0.4, -0.2) is 89.2 Å². The van der Waals surface area contributed by atoms with Crippen molar-refractivity contribution >= 4 is 23.9 Å². The third-order valence-electron chi connectivity index (χ3n) is 13.6. The Morgan fingerprint density at radius 2 is 0.867 bits per heavy atom. The van der Waals surface area contributed by atoms with Gasteiger partial charge in [-0.05, 0) is 70.6 Å². The van der Waals surface area contributed by atoms with Gasteiger partial charge in [0, 0.05) is 19.3 Å². The van der Waals surface area contributed by atoms with Crippen molar-refractivity contribution in [3.63, 3.8) is 0 Å². The van der Waals surface area contributed by atoms with E-state index in [4.69, 9.17) is 23.7 Å². The van der Waals surface area contributed by atoms with Crippen LogP contribution in [0.25, 0.3) is 0 Å². The normalized spacial score (nSPS) is 18.5. The van der Waals surface area contributed by atoms with E-state index >= 15 is 0 Å². The lowest BCUT2D eigenvalue weighted by molar-refractivity contribution is -0.301. The van der Waals surface area contributed by atoms with Crippen LogP contribution >= 0.6 is 0 Å². The van der Waals surface area contributed by atoms with Gasteiger partial charge in [0.15, 0.2) is 24.6 Å². The van der Waals surface area contributed by atoms with Gasteiger partial charge in [-0.1, -0.05) is 236 Å². The SMILES string of the molecule is CC/C=C\C/C=C\C/C=C\C/C=C\CCC(=O)OC1C(OCC(COC(=O)CCCCCCCCCCC/C=C\CCCCCCCC)OC(=O)CCCCCCCCCCCCCCC)OC(C(=O)O)C(O)C1O. The summed E-state index contributed by atoms with van der Waals surface area (Å²) in [7, 11) is 0. The number of carbonyl (C=O) groups excluding carboxylic acids is 3. The second-order valence-corrected chi connectivity index (χ2v) is 20.6. The monoisotopic (exact) mass is 1060 g/mol. The molecule has 1 heterocycles. The average molecular weight is 1060 g/mol. The van der Waals surface area contributed by atoms with Gasteiger partial charge in [0.05, 0.1) is 6.61 Å². The second-order valence-electron chi connectivity index (χ2n) is 20.6. The Bertz CT molecular complexity index is 1540. The number of carbonyl (C=O) groups is 4. The van der Waals surface area contributed by atoms with Crippen LogP contribution in [0, 0.1) is 0 Å². The highest BCUT2D eigenvalue weighted by Crippen LogP contribution is 2.26. The van der Waals surface area contributed by atoms with E-state index in [9.17, 15) is 34.5 Å². The molecular weight excluding hydrogens is 949 g/mol. The topological polar surface area (TPSA) is 175 Å². The first kappa shape index (κ1) is 69.4. The van der Waals surface area contributed by atoms with Gasteiger partial charge >= 0.3 is 23.9 Å². The van der Waals surface area contributed by atoms with Crippen LogP contribution in [0.2, 0.25) is 0 Å². The first-order valence-electron chi connectivity index (χ1n) is 30.3. The van der Waals surface area contributed by atoms with Crippen LogP contribution in [0.5, 0.6) is 0 Å². The lowest BCUT2D eigenvalue weighted by Crippen LogP contribution is -2.61. The van der Waals surface area contributed by atoms with Crippen LogP contribution in [0.15, 0.2) is 60.8 Å². The Labute approximate surface area is 456 Å². The number of aliphatic hydroxyl groups is 2. The largest absolute Gasteiger partial charge is 0.479 e. The molecule has 75 heavy (non-hydrogen) atoms. The summed E-state index contributed by atoms with van der Waals surface area (Å²) >= 11 is 0. The van der Waals surface area contributed by atoms with Gasteiger partial charge in [0.1, 0.15) is 18.8 Å². The van der Waals surface area contributed by atoms with Gasteiger partial charge in [-0.15, -0.1) is 0 Å². The van der Waals surface area contributed by atoms with Gasteiger partial charge in [0.2, 0.25) is 0 Å². The standard InChI is InChI=1S/C63H108O12/c1-4-7-10-13-16-19-22-25-26-27-28-29-30-33-34-37-40-43-46-49-55(64)71-52-54(73-56(65)50-47-44-41-38-35-31-23-20-17-14-11-8-5-2)53-72-63-61(59(68)58(67)60(75-63)62(69)70)74-57(66)51-48-45-42-39-36-32-24-21-18-15-12-9-6-3/h9,12,18,21,25-26,32,36,42,45,54,58-61,63,67-68H,4-8,10-11,13-17,19-20,22-24,27-31,33-35,37-41,43-44,46-53H2,1-3H3,(H,69,70)/b12-9-,21-18-,26-25-,36-32-,45-42-. The number of carboxylic acids is 1. The zero-order valence-electron chi connectivity index (χ0n) is 47.5. The molecule has 0 bridgehead atoms. The molecule has 0 aromatic rings. The highest BCUT2D eigenvalue weighted by atomic mass is 16.7. The molecule has 1 aliphatic heterocycles. The predicted octanol–water partition coefficient (Wildman–Crippen LogP) is 15.6. The maximum Gasteiger partial charge on any atom is 0.335 e. The number of esters is 3. The fourth-order valence-electron chi connectivity index (χ4n) is 8.97. The molecule has 432 valence electrons. The number of hydrogen-bond acceptors (Lipinski definition) is 11. The summed E-state index contributed by atoms with van der Waals surface area (Å²) in [4.78, 5) is 51.1. The van der Waals surface area contributed by atoms with Gasteiger partial charge in [0.25, 0.3) is 0 Å². The lowest BCUT2D eigenvalue weighted by atomic mass is 9.98. The third kappa shape index (κ3) is 41.2. The van der Waals surface area contributed by atoms with E-state index in [1.54, 1.807) is 0 Å². The van der Waals surface area contributed by atoms with E-state index in [1.165, 1.54) is 141 Å². The minimum atomic E-state index is -1.92. The number of ether oxygens (including phenoxy) is 5. The molecule has 12 heteroatoms. The second kappa shape index (κ2) is 51.2. The molecule has 1 fully saturated rings. The molecule has 1 rings (SSSR count). The molecule has 1 saturated heterocycles. The summed E-state index contributed by atoms with van der Waals surface area (Å²) in [6.45, 7) is 5.85. The summed E-state index contributed by atoms with van der Waals surface area (Å²) in [5.74, 6) is -3.21. The molecule has 0 radical (unpaired) electrons. The Morgan fingerprint density at radius 1 is 0.453 bits per heavy atom. The van der Waals surface area contributed by atoms with Crippen molar-refractivity contribution in [2.24, 2.45) is 0 Å². The molecule has 3 N–H and O–H groups in total. The molecule has 0 saturated carbocycles. The maximum atomic E-state index is 13.1. The molecule has 6 unspecified atom stereocenters. The van der Waals surface area contributed by atoms with Gasteiger partial charge in [-0.2, -0.15) is 0 Å². The molecular formula is C63H108O12. The quantitative estimate of drug-likeness (QED) is 0.0228. The molecule has 6 atom stereocenters. The lowest BCUT2D eigenvalue weighted by Gasteiger charge is -2.40. The minimum absolute atomic E-state index is 0.0598. The van der Waals surface area contributed by atoms with Crippen molar-refractivity contribution < 1.29 is 58.2 Å². The zero-order valence-corrected chi connectivity index (χ0v) is 47.5. The van der Waals surface area contributed by atoms with E-state index in [2.05, 4.69) is 63.3 Å². The van der Waals surface area contributed by atoms with E-state index in [-0.39, 0.29) is 25.9 Å². The van der Waals surface area contributed by atoms with Gasteiger partial charge < -0.3 is 39.0 Å². The average Bonchev–Trinajstić information content (AvgIpc) is 3.39. The van der Waals surface area contributed by atoms with Crippen molar-refractivity contribution in [2.75, 3.05) is 13.2 Å². The van der Waals surface area contributed by atoms with E-state index in [1.807, 2.05) is 18.2 Å². The molecule has 0 aliphatic carbocycles. The number of allylic oxidation sites excluding steroid dienone is 10. The van der Waals surface area contributed by atoms with Crippen molar-refractivity contribution in [3.05, 3.63) is 60.8 Å². The van der Waals surface area contributed by atoms with Crippen LogP contribution < -0.4 is 0 Å². The highest BCUT2D eigenvalue weighted by Gasteiger charge is 2.50. The first-order valence-corrected chi connectivity index (χ1v) is 30.3. The number of rotatable bonds is 51. The van der Waals surface area contributed by atoms with Crippen molar-refractivity contribution in [2.45, 2.75) is 302 Å². The summed E-state index contributed by atoms with van der Waals surface area (Å²) in [6.07, 6.45) is 50.7. The Morgan fingerprint density at radius 3 is 1.33 bits per heavy atom. The smallest absolute Gasteiger partial charge is 0.335 e. The number of aliphatic carboxylic acids is 1. The Balaban J connectivity index is 2.68. The number of carboxylic acid groups (broad SMARTS) is 1. The summed E-state index contributed by atoms with van der Waals surface area (Å²) in [6, 6.07) is 0. The van der Waals surface area contributed by atoms with Gasteiger partial charge in [-0.25, -0.2) is 4.79 Å². The zero-order chi connectivity index (χ0) is 54.7. The highest BCUT2D eigenvalue weighted by molar-refractivity contribution is 5.74.